The Bertz CT molecular complexity index is 7590. The molecular weight excluding hydrogens is 1880 g/mol. The Morgan fingerprint density at radius 2 is 0.646 bits per heavy atom. The summed E-state index contributed by atoms with van der Waals surface area (Å²) in [5, 5.41) is 22.4. The zero-order chi connectivity index (χ0) is 104. The monoisotopic (exact) mass is 1990 g/mol. The zero-order valence-corrected chi connectivity index (χ0v) is 81.5. The third-order valence-electron chi connectivity index (χ3n) is 21.9. The van der Waals surface area contributed by atoms with Crippen LogP contribution in [0, 0.1) is 27.7 Å². The minimum Gasteiger partial charge on any atom is -0.479 e. The van der Waals surface area contributed by atoms with Crippen LogP contribution in [0.15, 0.2) is 274 Å². The highest BCUT2D eigenvalue weighted by molar-refractivity contribution is 8.11. The van der Waals surface area contributed by atoms with E-state index in [1.54, 1.807) is 63.7 Å². The molecular formula is C107H111N13O22S2. The Morgan fingerprint density at radius 3 is 0.931 bits per heavy atom. The van der Waals surface area contributed by atoms with E-state index in [0.717, 1.165) is 99.1 Å². The third-order valence-corrected chi connectivity index (χ3v) is 22.5. The van der Waals surface area contributed by atoms with Crippen LogP contribution in [-0.2, 0) is 88.8 Å². The number of fused-ring (bicyclic) bond motifs is 4. The normalized spacial score (nSPS) is 11.1. The second-order valence-corrected chi connectivity index (χ2v) is 38.0. The van der Waals surface area contributed by atoms with E-state index in [0.29, 0.717) is 71.1 Å². The maximum atomic E-state index is 12.9. The molecule has 0 radical (unpaired) electrons. The number of amides is 4. The molecule has 8 aromatic carbocycles. The fourth-order valence-corrected chi connectivity index (χ4v) is 16.5. The molecule has 0 aliphatic rings. The number of primary amides is 3. The average Bonchev–Trinajstić information content (AvgIpc) is 1.60. The molecule has 37 heteroatoms. The predicted octanol–water partition coefficient (Wildman–Crippen LogP) is 13.7. The molecule has 4 amide bonds. The van der Waals surface area contributed by atoms with Gasteiger partial charge in [0.05, 0.1) is 79.8 Å². The van der Waals surface area contributed by atoms with Gasteiger partial charge >= 0.3 is 17.9 Å². The summed E-state index contributed by atoms with van der Waals surface area (Å²) in [7, 11) is -6.39. The van der Waals surface area contributed by atoms with Gasteiger partial charge in [-0.3, -0.25) is 42.8 Å². The number of nitrogens with two attached hydrogens (primary N) is 4. The van der Waals surface area contributed by atoms with Crippen molar-refractivity contribution in [2.75, 3.05) is 65.5 Å². The number of aliphatic carboxylic acids is 1. The van der Waals surface area contributed by atoms with Crippen LogP contribution in [0.5, 0.6) is 23.5 Å². The van der Waals surface area contributed by atoms with Gasteiger partial charge in [-0.25, -0.2) is 47.9 Å². The second kappa shape index (κ2) is 49.2. The number of aromatic nitrogens is 8. The van der Waals surface area contributed by atoms with E-state index in [9.17, 15) is 60.6 Å². The number of benzene rings is 8. The number of Topliss-reactive ketones (excluding diaryl/α,β-unsaturated/α-hetero) is 3. The number of carbonyl (C=O) groups excluding carboxylic acids is 9. The van der Waals surface area contributed by atoms with Crippen molar-refractivity contribution in [3.8, 4) is 68.0 Å². The molecule has 8 aromatic heterocycles. The van der Waals surface area contributed by atoms with Crippen LogP contribution in [0.25, 0.3) is 88.1 Å². The highest BCUT2D eigenvalue weighted by Gasteiger charge is 2.32. The quantitative estimate of drug-likeness (QED) is 0.0108. The van der Waals surface area contributed by atoms with Crippen molar-refractivity contribution in [2.45, 2.75) is 75.1 Å². The van der Waals surface area contributed by atoms with Crippen LogP contribution in [-0.4, -0.2) is 190 Å². The first-order chi connectivity index (χ1) is 68.3. The van der Waals surface area contributed by atoms with Crippen molar-refractivity contribution in [3.05, 3.63) is 335 Å². The van der Waals surface area contributed by atoms with Crippen LogP contribution in [0.2, 0.25) is 0 Å². The molecule has 0 aliphatic heterocycles. The van der Waals surface area contributed by atoms with Gasteiger partial charge < -0.3 is 74.1 Å². The van der Waals surface area contributed by atoms with Gasteiger partial charge in [0.15, 0.2) is 26.4 Å². The van der Waals surface area contributed by atoms with Gasteiger partial charge in [-0.15, -0.1) is 9.53 Å². The van der Waals surface area contributed by atoms with Gasteiger partial charge in [0.25, 0.3) is 41.0 Å². The van der Waals surface area contributed by atoms with Crippen LogP contribution >= 0.6 is 0 Å². The van der Waals surface area contributed by atoms with Gasteiger partial charge in [-0.2, -0.15) is 4.21 Å². The summed E-state index contributed by atoms with van der Waals surface area (Å²) in [6.45, 7) is 11.2. The van der Waals surface area contributed by atoms with Gasteiger partial charge in [-0.1, -0.05) is 226 Å². The molecule has 0 unspecified atom stereocenters. The van der Waals surface area contributed by atoms with Crippen LogP contribution in [0.3, 0.4) is 0 Å². The molecule has 748 valence electrons. The first kappa shape index (κ1) is 109. The van der Waals surface area contributed by atoms with Crippen molar-refractivity contribution in [1.82, 2.24) is 42.9 Å². The number of hydrogen-bond donors (Lipinski definition) is 8. The van der Waals surface area contributed by atoms with E-state index in [1.807, 2.05) is 196 Å². The SMILES string of the molecule is C.CCOC(=O)COc1nccc2c1c(C(=O)C(N)=O)c(C)n2Cc1ccccc1-c1ccccc1.CCOC(=O)COc1nccc2c1cc(C)n2Cc1ccccc1-c1ccccc1.CO.CS(C)(N)(=O)O.Cc1c(C(=O)C(N)=O)c2c(OCC(=O)NS(C)(=O)=O)nccc2n1Cc1ccccc1-c1ccccc1.Cc1c(C(=O)C(N)=O)c2c(OCC(=O)O)nccc2n1Cc1ccccc1-c1ccccc1. The zero-order valence-electron chi connectivity index (χ0n) is 79.9. The molecule has 0 atom stereocenters. The molecule has 16 aromatic rings. The molecule has 0 spiro atoms. The summed E-state index contributed by atoms with van der Waals surface area (Å²) in [4.78, 5) is 137. The predicted molar refractivity (Wildman–Crippen MR) is 550 cm³/mol. The smallest absolute Gasteiger partial charge is 0.344 e. The minimum absolute atomic E-state index is 0. The molecule has 8 heterocycles. The summed E-state index contributed by atoms with van der Waals surface area (Å²) in [6.07, 6.45) is 9.17. The van der Waals surface area contributed by atoms with Crippen molar-refractivity contribution in [1.29, 1.82) is 0 Å². The Labute approximate surface area is 830 Å². The number of esters is 2. The van der Waals surface area contributed by atoms with Crippen LogP contribution in [0.4, 0.5) is 0 Å². The molecule has 12 N–H and O–H groups in total. The number of carboxylic acid groups (broad SMARTS) is 1. The highest BCUT2D eigenvalue weighted by atomic mass is 32.3. The Kier molecular flexibility index (Phi) is 37.3. The minimum atomic E-state index is -3.79. The van der Waals surface area contributed by atoms with Gasteiger partial charge in [-0.05, 0) is 139 Å². The lowest BCUT2D eigenvalue weighted by atomic mass is 9.99. The summed E-state index contributed by atoms with van der Waals surface area (Å²) in [6, 6.07) is 81.4. The number of carbonyl (C=O) groups is 10. The molecule has 144 heavy (non-hydrogen) atoms. The number of ketones is 3. The van der Waals surface area contributed by atoms with Gasteiger partial charge in [0.1, 0.15) is 0 Å². The summed E-state index contributed by atoms with van der Waals surface area (Å²) in [5.74, 6) is -8.76. The third kappa shape index (κ3) is 28.0. The van der Waals surface area contributed by atoms with Crippen molar-refractivity contribution >= 4 is 122 Å². The number of ether oxygens (including phenoxy) is 6. The molecule has 0 aliphatic carbocycles. The number of aliphatic hydroxyl groups excluding tert-OH is 1. The number of hydrogen-bond acceptors (Lipinski definition) is 24. The highest BCUT2D eigenvalue weighted by Crippen LogP contribution is 2.40. The van der Waals surface area contributed by atoms with Gasteiger partial charge in [0.2, 0.25) is 33.5 Å². The van der Waals surface area contributed by atoms with E-state index in [-0.39, 0.29) is 72.4 Å². The first-order valence-electron chi connectivity index (χ1n) is 44.4. The molecule has 0 saturated heterocycles. The van der Waals surface area contributed by atoms with Crippen LogP contribution < -0.4 is 46.0 Å². The lowest BCUT2D eigenvalue weighted by molar-refractivity contribution is -0.146. The second-order valence-electron chi connectivity index (χ2n) is 32.6. The summed E-state index contributed by atoms with van der Waals surface area (Å²) >= 11 is 0. The molecule has 0 fully saturated rings. The average molecular weight is 2000 g/mol. The number of nitrogens with one attached hydrogen (secondary N) is 1. The maximum Gasteiger partial charge on any atom is 0.344 e. The first-order valence-corrected chi connectivity index (χ1v) is 49.1. The largest absolute Gasteiger partial charge is 0.479 e. The van der Waals surface area contributed by atoms with Crippen LogP contribution in [0.1, 0.15) is 97.4 Å². The fourth-order valence-electron chi connectivity index (χ4n) is 16.0. The number of pyridine rings is 4. The number of aliphatic hydroxyl groups is 1. The lowest BCUT2D eigenvalue weighted by Gasteiger charge is -2.26. The lowest BCUT2D eigenvalue weighted by Crippen LogP contribution is -2.38. The molecule has 0 bridgehead atoms. The number of nitrogens with zero attached hydrogens (tertiary/aromatic N) is 8. The molecule has 35 nitrogen and oxygen atoms in total. The number of aryl methyl sites for hydroxylation is 1. The number of rotatable bonds is 33. The van der Waals surface area contributed by atoms with E-state index in [2.05, 4.69) is 80.0 Å². The number of sulfonamides is 1. The van der Waals surface area contributed by atoms with Gasteiger partial charge in [0, 0.05) is 93.4 Å². The Balaban J connectivity index is 0.000000192. The summed E-state index contributed by atoms with van der Waals surface area (Å²) < 4.78 is 82.8. The maximum absolute atomic E-state index is 12.9. The van der Waals surface area contributed by atoms with E-state index in [4.69, 9.17) is 65.5 Å². The standard InChI is InChI=1S/C27H25N3O5.C26H24N4O6S.C25H21N3O5.C25H24N2O3.C2H9NO2S.CH4O.CH4/c1-3-34-22(31)16-35-27-24-21(13-14-29-27)30(17(2)23(24)25(32)26(28)33)15-19-11-7-8-12-20(19)18-9-5-4-6-10-18;1-16-22(24(32)25(27)33)23-20(12-13-28-26(23)36-15-21(31)29-37(2,34)35)30(16)14-18-10-6-7-11-19(18)17-8-4-3-5-9-17;1-15-21(23(31)24(26)32)22-19(11-12-27-25(22)33-14-20(29)30)28(15)13-17-9-5-6-10-18(17)16-7-3-2-4-8-16;1-3-29-24(28)17-30-25-22-15-18(2)27(23(22)13-14-26-25)16-20-11-7-8-12-21(20)19-9-5-4-6-10-19;1-6(2,3,4)5;1-2;/h4-14H,3,15-16H2,1-2H3,(H2,28,33);3-13H,14-15H2,1-2H3,(H2,27,33)(H,29,31);2-12H,13-14H2,1H3,(H2,26,32)(H,29,30);4-15H,3,16-17H2,1-2H3;1-2H3,(H3,3,4,5);2H,1H3;1H4. The van der Waals surface area contributed by atoms with Crippen molar-refractivity contribution < 1.29 is 104 Å². The topological polar surface area (TPSA) is 525 Å². The van der Waals surface area contributed by atoms with Crippen molar-refractivity contribution in [2.24, 2.45) is 22.3 Å². The van der Waals surface area contributed by atoms with Crippen molar-refractivity contribution in [3.63, 3.8) is 0 Å². The van der Waals surface area contributed by atoms with E-state index >= 15 is 0 Å². The Morgan fingerprint density at radius 1 is 0.389 bits per heavy atom. The molecule has 16 rings (SSSR count). The Hall–Kier alpha value is -17.0. The number of carboxylic acids is 1. The molecule has 0 saturated carbocycles. The summed E-state index contributed by atoms with van der Waals surface area (Å²) in [5.41, 5.74) is 34.3. The van der Waals surface area contributed by atoms with E-state index < -0.39 is 91.7 Å². The van der Waals surface area contributed by atoms with E-state index in [1.165, 1.54) is 35.3 Å². The fraction of sp³-hybridized carbons (Fsp3) is 0.196.